The zero-order chi connectivity index (χ0) is 42.3. The molecular formula is C42H52F3N9O5. The van der Waals surface area contributed by atoms with Gasteiger partial charge in [0, 0.05) is 108 Å². The summed E-state index contributed by atoms with van der Waals surface area (Å²) in [4.78, 5) is 52.2. The van der Waals surface area contributed by atoms with Gasteiger partial charge in [0.15, 0.2) is 0 Å². The van der Waals surface area contributed by atoms with Crippen LogP contribution in [-0.4, -0.2) is 144 Å². The Morgan fingerprint density at radius 2 is 1.75 bits per heavy atom. The predicted octanol–water partition coefficient (Wildman–Crippen LogP) is 3.12. The zero-order valence-electron chi connectivity index (χ0n) is 33.5. The van der Waals surface area contributed by atoms with Crippen molar-refractivity contribution in [2.75, 3.05) is 89.3 Å². The van der Waals surface area contributed by atoms with Gasteiger partial charge in [-0.2, -0.15) is 18.4 Å². The number of halogens is 3. The van der Waals surface area contributed by atoms with Gasteiger partial charge in [-0.25, -0.2) is 0 Å². The van der Waals surface area contributed by atoms with Gasteiger partial charge >= 0.3 is 6.18 Å². The van der Waals surface area contributed by atoms with E-state index >= 15 is 0 Å². The Balaban J connectivity index is 0.871. The van der Waals surface area contributed by atoms with Gasteiger partial charge in [0.05, 0.1) is 42.0 Å². The average Bonchev–Trinajstić information content (AvgIpc) is 3.22. The minimum absolute atomic E-state index is 0.0510. The van der Waals surface area contributed by atoms with Crippen molar-refractivity contribution in [1.82, 2.24) is 29.9 Å². The van der Waals surface area contributed by atoms with E-state index in [1.165, 1.54) is 17.9 Å². The van der Waals surface area contributed by atoms with Crippen LogP contribution in [0.4, 0.5) is 24.5 Å². The maximum atomic E-state index is 13.4. The number of ether oxygens (including phenoxy) is 1. The molecule has 316 valence electrons. The molecular weight excluding hydrogens is 768 g/mol. The Morgan fingerprint density at radius 3 is 2.36 bits per heavy atom. The first kappa shape index (κ1) is 43.3. The summed E-state index contributed by atoms with van der Waals surface area (Å²) in [6, 6.07) is 8.04. The number of benzene rings is 1. The quantitative estimate of drug-likeness (QED) is 0.240. The third-order valence-corrected chi connectivity index (χ3v) is 11.4. The van der Waals surface area contributed by atoms with Crippen LogP contribution in [0.25, 0.3) is 0 Å². The third kappa shape index (κ3) is 11.3. The molecule has 3 aliphatic heterocycles. The Hall–Kier alpha value is -5.28. The van der Waals surface area contributed by atoms with Gasteiger partial charge in [-0.05, 0) is 56.2 Å². The minimum Gasteiger partial charge on any atom is -0.382 e. The lowest BCUT2D eigenvalue weighted by molar-refractivity contribution is -0.144. The van der Waals surface area contributed by atoms with Gasteiger partial charge in [-0.1, -0.05) is 18.7 Å². The van der Waals surface area contributed by atoms with Crippen LogP contribution in [0.2, 0.25) is 0 Å². The fraction of sp³-hybridized carbons (Fsp3) is 0.500. The van der Waals surface area contributed by atoms with Crippen molar-refractivity contribution in [3.05, 3.63) is 89.6 Å². The van der Waals surface area contributed by atoms with E-state index < -0.39 is 34.9 Å². The lowest BCUT2D eigenvalue weighted by atomic mass is 10.0. The summed E-state index contributed by atoms with van der Waals surface area (Å²) >= 11 is 0. The molecule has 14 nitrogen and oxygen atoms in total. The third-order valence-electron chi connectivity index (χ3n) is 11.4. The molecule has 1 aliphatic carbocycles. The lowest BCUT2D eigenvalue weighted by Crippen LogP contribution is -2.53. The number of piperazine rings is 2. The molecule has 1 aromatic carbocycles. The summed E-state index contributed by atoms with van der Waals surface area (Å²) in [5.41, 5.74) is -0.231. The smallest absolute Gasteiger partial charge is 0.382 e. The molecule has 0 bridgehead atoms. The number of anilines is 2. The number of hydrogen-bond acceptors (Lipinski definition) is 12. The molecule has 2 aromatic rings. The fourth-order valence-corrected chi connectivity index (χ4v) is 7.57. The number of piperidine rings is 1. The number of hydrogen-bond donors (Lipinski definition) is 3. The highest BCUT2D eigenvalue weighted by Crippen LogP contribution is 2.34. The Kier molecular flexibility index (Phi) is 13.8. The number of aliphatic hydroxyl groups is 1. The highest BCUT2D eigenvalue weighted by molar-refractivity contribution is 6.01. The summed E-state index contributed by atoms with van der Waals surface area (Å²) in [5, 5.41) is 25.1. The molecule has 6 rings (SSSR count). The number of carbonyl (C=O) groups excluding carboxylic acids is 3. The highest BCUT2D eigenvalue weighted by atomic mass is 19.4. The molecule has 1 aromatic heterocycles. The lowest BCUT2D eigenvalue weighted by Gasteiger charge is -2.40. The fourth-order valence-electron chi connectivity index (χ4n) is 7.57. The molecule has 17 heteroatoms. The largest absolute Gasteiger partial charge is 0.417 e. The predicted molar refractivity (Wildman–Crippen MR) is 215 cm³/mol. The normalized spacial score (nSPS) is 21.6. The van der Waals surface area contributed by atoms with Gasteiger partial charge in [0.1, 0.15) is 11.6 Å². The Morgan fingerprint density at radius 1 is 1.07 bits per heavy atom. The molecule has 2 unspecified atom stereocenters. The van der Waals surface area contributed by atoms with Crippen LogP contribution in [0.5, 0.6) is 0 Å². The van der Waals surface area contributed by atoms with Crippen LogP contribution >= 0.6 is 0 Å². The van der Waals surface area contributed by atoms with Crippen molar-refractivity contribution in [3.8, 4) is 6.07 Å². The number of imide groups is 1. The molecule has 3 fully saturated rings. The van der Waals surface area contributed by atoms with Gasteiger partial charge in [-0.3, -0.25) is 34.5 Å². The summed E-state index contributed by atoms with van der Waals surface area (Å²) in [6.07, 6.45) is 4.06. The minimum atomic E-state index is -4.70. The molecule has 0 saturated carbocycles. The maximum absolute atomic E-state index is 13.4. The highest BCUT2D eigenvalue weighted by Gasteiger charge is 2.35. The number of aromatic nitrogens is 1. The number of allylic oxidation sites excluding steroid dienone is 1. The van der Waals surface area contributed by atoms with Crippen LogP contribution < -0.4 is 15.5 Å². The van der Waals surface area contributed by atoms with Crippen molar-refractivity contribution < 1.29 is 37.4 Å². The second kappa shape index (κ2) is 18.8. The summed E-state index contributed by atoms with van der Waals surface area (Å²) < 4.78 is 46.2. The van der Waals surface area contributed by atoms with Crippen molar-refractivity contribution in [3.63, 3.8) is 0 Å². The molecule has 3 saturated heterocycles. The van der Waals surface area contributed by atoms with Gasteiger partial charge in [0.25, 0.3) is 0 Å². The van der Waals surface area contributed by atoms with Crippen LogP contribution in [0.15, 0.2) is 72.7 Å². The number of likely N-dealkylation sites (N-methyl/N-ethyl adjacent to an activating group) is 1. The van der Waals surface area contributed by atoms with Crippen LogP contribution in [0.1, 0.15) is 43.0 Å². The zero-order valence-corrected chi connectivity index (χ0v) is 33.5. The maximum Gasteiger partial charge on any atom is 0.417 e. The van der Waals surface area contributed by atoms with Gasteiger partial charge in [-0.15, -0.1) is 0 Å². The van der Waals surface area contributed by atoms with E-state index in [1.54, 1.807) is 19.3 Å². The number of carbonyl (C=O) groups is 3. The monoisotopic (exact) mass is 819 g/mol. The van der Waals surface area contributed by atoms with Crippen molar-refractivity contribution in [1.29, 1.82) is 5.26 Å². The Labute approximate surface area is 342 Å². The van der Waals surface area contributed by atoms with Crippen LogP contribution in [0.3, 0.4) is 0 Å². The molecule has 4 aliphatic rings. The average molecular weight is 820 g/mol. The molecule has 59 heavy (non-hydrogen) atoms. The first-order valence-electron chi connectivity index (χ1n) is 19.9. The number of alkyl halides is 3. The van der Waals surface area contributed by atoms with E-state index in [0.29, 0.717) is 18.5 Å². The first-order valence-corrected chi connectivity index (χ1v) is 19.9. The van der Waals surface area contributed by atoms with Crippen molar-refractivity contribution >= 4 is 29.1 Å². The summed E-state index contributed by atoms with van der Waals surface area (Å²) in [5.74, 6) is -0.973. The Bertz CT molecular complexity index is 1980. The van der Waals surface area contributed by atoms with E-state index in [-0.39, 0.29) is 48.8 Å². The SMILES string of the molecule is C=C(Nc1ccc(C#N)c(C(F)(F)F)c1)[C@@](C)(O)COC1C=CC(N2CCN(CCN3CCN(c4ccnc(CC(=O)N(C)C5CCC(=O)NC5=O)c4)CC3)CC2)=CC1. The number of nitrogens with zero attached hydrogens (tertiary/aromatic N) is 7. The van der Waals surface area contributed by atoms with E-state index in [0.717, 1.165) is 89.0 Å². The summed E-state index contributed by atoms with van der Waals surface area (Å²) in [7, 11) is 1.59. The van der Waals surface area contributed by atoms with E-state index in [4.69, 9.17) is 10.00 Å². The number of nitriles is 1. The molecule has 0 spiro atoms. The molecule has 3 amide bonds. The number of amides is 3. The van der Waals surface area contributed by atoms with Gasteiger partial charge in [0.2, 0.25) is 17.7 Å². The van der Waals surface area contributed by atoms with Crippen LogP contribution in [0, 0.1) is 11.3 Å². The van der Waals surface area contributed by atoms with E-state index in [2.05, 4.69) is 47.9 Å². The second-order valence-corrected chi connectivity index (χ2v) is 15.6. The topological polar surface area (TPSA) is 158 Å². The second-order valence-electron chi connectivity index (χ2n) is 15.6. The first-order chi connectivity index (χ1) is 28.1. The number of rotatable bonds is 14. The molecule has 0 radical (unpaired) electrons. The molecule has 4 heterocycles. The van der Waals surface area contributed by atoms with Gasteiger partial charge < -0.3 is 29.9 Å². The summed E-state index contributed by atoms with van der Waals surface area (Å²) in [6.45, 7) is 14.4. The van der Waals surface area contributed by atoms with Crippen molar-refractivity contribution in [2.45, 2.75) is 56.5 Å². The molecule has 3 N–H and O–H groups in total. The van der Waals surface area contributed by atoms with E-state index in [9.17, 15) is 32.7 Å². The standard InChI is InChI=1S/C42H52F3N9O5/c1-29(48-31-5-4-30(27-46)36(25-31)42(43,44)45)41(2,58)28-59-35-8-6-33(7-9-35)53-20-16-51(17-21-53)14-15-52-18-22-54(23-19-52)34-12-13-47-32(24-34)26-39(56)50(3)37-10-11-38(55)49-40(37)57/h4-8,12-13,24-25,35,37,48,58H,1,9-11,14-23,26,28H2,2-3H3,(H,49,55,57)/t35?,37?,41-/m0/s1. The molecule has 3 atom stereocenters. The van der Waals surface area contributed by atoms with E-state index in [1.807, 2.05) is 24.3 Å². The number of nitrogens with one attached hydrogen (secondary N) is 2. The number of pyridine rings is 1. The van der Waals surface area contributed by atoms with Crippen molar-refractivity contribution in [2.24, 2.45) is 0 Å². The van der Waals surface area contributed by atoms with Crippen LogP contribution in [-0.2, 0) is 31.7 Å².